The molecule has 0 fully saturated rings. The summed E-state index contributed by atoms with van der Waals surface area (Å²) in [5.74, 6) is -0.406. The van der Waals surface area contributed by atoms with Crippen molar-refractivity contribution >= 4 is 17.3 Å². The van der Waals surface area contributed by atoms with E-state index in [4.69, 9.17) is 0 Å². The van der Waals surface area contributed by atoms with Gasteiger partial charge in [0, 0.05) is 30.2 Å². The molecule has 0 bridgehead atoms. The van der Waals surface area contributed by atoms with Crippen molar-refractivity contribution in [2.45, 2.75) is 13.3 Å². The number of carbonyl (C=O) groups is 1. The van der Waals surface area contributed by atoms with Crippen molar-refractivity contribution in [3.8, 4) is 5.69 Å². The van der Waals surface area contributed by atoms with Crippen LogP contribution in [-0.4, -0.2) is 30.8 Å². The Labute approximate surface area is 177 Å². The molecule has 9 heteroatoms. The number of nitro benzene ring substituents is 1. The van der Waals surface area contributed by atoms with Crippen molar-refractivity contribution in [3.63, 3.8) is 0 Å². The topological polar surface area (TPSA) is 116 Å². The molecule has 1 amide bonds. The number of non-ortho nitro benzene ring substituents is 1. The van der Waals surface area contributed by atoms with Gasteiger partial charge in [0.15, 0.2) is 5.69 Å². The van der Waals surface area contributed by atoms with Gasteiger partial charge in [0.1, 0.15) is 0 Å². The van der Waals surface area contributed by atoms with Crippen LogP contribution in [0.15, 0.2) is 73.1 Å². The van der Waals surface area contributed by atoms with E-state index in [0.29, 0.717) is 17.1 Å². The summed E-state index contributed by atoms with van der Waals surface area (Å²) >= 11 is 0. The first-order chi connectivity index (χ1) is 15.0. The summed E-state index contributed by atoms with van der Waals surface area (Å²) in [5, 5.41) is 21.8. The Morgan fingerprint density at radius 1 is 1.06 bits per heavy atom. The minimum absolute atomic E-state index is 0.0646. The number of pyridine rings is 1. The van der Waals surface area contributed by atoms with Crippen molar-refractivity contribution in [3.05, 3.63) is 106 Å². The molecule has 0 aliphatic carbocycles. The summed E-state index contributed by atoms with van der Waals surface area (Å²) in [4.78, 5) is 27.2. The molecule has 0 saturated heterocycles. The Morgan fingerprint density at radius 3 is 2.48 bits per heavy atom. The molecule has 0 radical (unpaired) electrons. The van der Waals surface area contributed by atoms with Crippen LogP contribution in [0.3, 0.4) is 0 Å². The Balaban J connectivity index is 1.48. The van der Waals surface area contributed by atoms with Crippen molar-refractivity contribution in [2.24, 2.45) is 0 Å². The van der Waals surface area contributed by atoms with Gasteiger partial charge in [-0.2, -0.15) is 0 Å². The SMILES string of the molecule is Cc1c(C(=O)Nc2ccc(Cc3ccncc3)cc2)nnn1-c1cccc([N+](=O)[O-])c1. The molecule has 0 unspecified atom stereocenters. The van der Waals surface area contributed by atoms with Crippen molar-refractivity contribution in [2.75, 3.05) is 5.32 Å². The summed E-state index contributed by atoms with van der Waals surface area (Å²) in [5.41, 5.74) is 3.91. The standard InChI is InChI=1S/C22H18N6O3/c1-15-21(25-26-27(15)19-3-2-4-20(14-19)28(30)31)22(29)24-18-7-5-16(6-8-18)13-17-9-11-23-12-10-17/h2-12,14H,13H2,1H3,(H,24,29). The van der Waals surface area contributed by atoms with Gasteiger partial charge in [-0.25, -0.2) is 4.68 Å². The third-order valence-electron chi connectivity index (χ3n) is 4.76. The van der Waals surface area contributed by atoms with Gasteiger partial charge < -0.3 is 5.32 Å². The molecule has 31 heavy (non-hydrogen) atoms. The number of amides is 1. The normalized spacial score (nSPS) is 10.6. The lowest BCUT2D eigenvalue weighted by Crippen LogP contribution is -2.14. The molecule has 9 nitrogen and oxygen atoms in total. The number of anilines is 1. The van der Waals surface area contributed by atoms with Crippen LogP contribution in [0.1, 0.15) is 27.3 Å². The second-order valence-corrected chi connectivity index (χ2v) is 6.90. The third-order valence-corrected chi connectivity index (χ3v) is 4.76. The maximum atomic E-state index is 12.7. The summed E-state index contributed by atoms with van der Waals surface area (Å²) in [6, 6.07) is 17.5. The number of hydrogen-bond donors (Lipinski definition) is 1. The van der Waals surface area contributed by atoms with Gasteiger partial charge in [-0.1, -0.05) is 23.4 Å². The molecule has 0 atom stereocenters. The van der Waals surface area contributed by atoms with Gasteiger partial charge >= 0.3 is 0 Å². The lowest BCUT2D eigenvalue weighted by molar-refractivity contribution is -0.384. The van der Waals surface area contributed by atoms with Crippen LogP contribution in [0.25, 0.3) is 5.69 Å². The van der Waals surface area contributed by atoms with Crippen LogP contribution in [0.5, 0.6) is 0 Å². The maximum absolute atomic E-state index is 12.7. The van der Waals surface area contributed by atoms with Gasteiger partial charge in [-0.05, 0) is 54.8 Å². The van der Waals surface area contributed by atoms with E-state index in [2.05, 4.69) is 20.6 Å². The largest absolute Gasteiger partial charge is 0.321 e. The zero-order chi connectivity index (χ0) is 21.8. The van der Waals surface area contributed by atoms with Crippen molar-refractivity contribution in [1.82, 2.24) is 20.0 Å². The average Bonchev–Trinajstić information content (AvgIpc) is 3.17. The average molecular weight is 414 g/mol. The number of carbonyl (C=O) groups excluding carboxylic acids is 1. The molecular weight excluding hydrogens is 396 g/mol. The number of aromatic nitrogens is 4. The van der Waals surface area contributed by atoms with Gasteiger partial charge in [-0.3, -0.25) is 19.9 Å². The Bertz CT molecular complexity index is 1240. The maximum Gasteiger partial charge on any atom is 0.278 e. The van der Waals surface area contributed by atoms with Crippen LogP contribution in [0.4, 0.5) is 11.4 Å². The quantitative estimate of drug-likeness (QED) is 0.380. The highest BCUT2D eigenvalue weighted by Gasteiger charge is 2.18. The highest BCUT2D eigenvalue weighted by molar-refractivity contribution is 6.03. The molecule has 0 aliphatic rings. The second kappa shape index (κ2) is 8.54. The minimum atomic E-state index is -0.484. The Hall–Kier alpha value is -4.40. The fourth-order valence-electron chi connectivity index (χ4n) is 3.16. The molecule has 2 aromatic carbocycles. The summed E-state index contributed by atoms with van der Waals surface area (Å²) in [6.45, 7) is 1.69. The lowest BCUT2D eigenvalue weighted by Gasteiger charge is -2.07. The molecule has 0 aliphatic heterocycles. The Kier molecular flexibility index (Phi) is 5.48. The zero-order valence-electron chi connectivity index (χ0n) is 16.6. The highest BCUT2D eigenvalue weighted by atomic mass is 16.6. The van der Waals surface area contributed by atoms with Gasteiger partial charge in [0.2, 0.25) is 0 Å². The molecule has 154 valence electrons. The fourth-order valence-corrected chi connectivity index (χ4v) is 3.16. The van der Waals surface area contributed by atoms with E-state index in [1.54, 1.807) is 31.5 Å². The molecular formula is C22H18N6O3. The van der Waals surface area contributed by atoms with E-state index in [1.165, 1.54) is 16.8 Å². The number of rotatable bonds is 6. The van der Waals surface area contributed by atoms with E-state index in [-0.39, 0.29) is 11.4 Å². The van der Waals surface area contributed by atoms with Gasteiger partial charge in [0.05, 0.1) is 16.3 Å². The highest BCUT2D eigenvalue weighted by Crippen LogP contribution is 2.19. The molecule has 2 heterocycles. The molecule has 0 saturated carbocycles. The molecule has 4 aromatic rings. The number of benzene rings is 2. The molecule has 0 spiro atoms. The van der Waals surface area contributed by atoms with Crippen molar-refractivity contribution < 1.29 is 9.72 Å². The first-order valence-corrected chi connectivity index (χ1v) is 9.47. The van der Waals surface area contributed by atoms with Gasteiger partial charge in [-0.15, -0.1) is 5.10 Å². The molecule has 2 aromatic heterocycles. The first-order valence-electron chi connectivity index (χ1n) is 9.47. The third kappa shape index (κ3) is 4.45. The van der Waals surface area contributed by atoms with Crippen LogP contribution in [-0.2, 0) is 6.42 Å². The predicted molar refractivity (Wildman–Crippen MR) is 114 cm³/mol. The zero-order valence-corrected chi connectivity index (χ0v) is 16.6. The van der Waals surface area contributed by atoms with E-state index < -0.39 is 10.8 Å². The van der Waals surface area contributed by atoms with E-state index >= 15 is 0 Å². The lowest BCUT2D eigenvalue weighted by atomic mass is 10.1. The first kappa shape index (κ1) is 19.9. The van der Waals surface area contributed by atoms with E-state index in [0.717, 1.165) is 17.5 Å². The van der Waals surface area contributed by atoms with E-state index in [9.17, 15) is 14.9 Å². The van der Waals surface area contributed by atoms with E-state index in [1.807, 2.05) is 36.4 Å². The van der Waals surface area contributed by atoms with Crippen LogP contribution >= 0.6 is 0 Å². The number of nitro groups is 1. The summed E-state index contributed by atoms with van der Waals surface area (Å²) in [6.07, 6.45) is 4.29. The predicted octanol–water partition coefficient (Wildman–Crippen LogP) is 3.72. The van der Waals surface area contributed by atoms with Crippen LogP contribution in [0.2, 0.25) is 0 Å². The Morgan fingerprint density at radius 2 is 1.77 bits per heavy atom. The van der Waals surface area contributed by atoms with Crippen molar-refractivity contribution in [1.29, 1.82) is 0 Å². The molecule has 4 rings (SSSR count). The number of nitrogens with zero attached hydrogens (tertiary/aromatic N) is 5. The van der Waals surface area contributed by atoms with Gasteiger partial charge in [0.25, 0.3) is 11.6 Å². The second-order valence-electron chi connectivity index (χ2n) is 6.90. The molecule has 1 N–H and O–H groups in total. The summed E-state index contributed by atoms with van der Waals surface area (Å²) in [7, 11) is 0. The number of hydrogen-bond acceptors (Lipinski definition) is 6. The number of nitrogens with one attached hydrogen (secondary N) is 1. The monoisotopic (exact) mass is 414 g/mol. The fraction of sp³-hybridized carbons (Fsp3) is 0.0909. The van der Waals surface area contributed by atoms with Crippen LogP contribution < -0.4 is 5.32 Å². The summed E-state index contributed by atoms with van der Waals surface area (Å²) < 4.78 is 1.40. The van der Waals surface area contributed by atoms with Crippen LogP contribution in [0, 0.1) is 17.0 Å². The smallest absolute Gasteiger partial charge is 0.278 e. The minimum Gasteiger partial charge on any atom is -0.321 e.